The van der Waals surface area contributed by atoms with Crippen molar-refractivity contribution >= 4 is 23.8 Å². The summed E-state index contributed by atoms with van der Waals surface area (Å²) >= 11 is 0. The van der Waals surface area contributed by atoms with Crippen LogP contribution in [0.2, 0.25) is 0 Å². The number of hydrogen-bond donors (Lipinski definition) is 2. The Morgan fingerprint density at radius 1 is 0.526 bits per heavy atom. The van der Waals surface area contributed by atoms with Crippen molar-refractivity contribution in [1.82, 2.24) is 10.6 Å². The van der Waals surface area contributed by atoms with Crippen molar-refractivity contribution in [1.29, 1.82) is 0 Å². The topological polar surface area (TPSA) is 129 Å². The molecule has 38 heavy (non-hydrogen) atoms. The Hall–Kier alpha value is -3.76. The standard InChI is InChI=1S/C28H36N2O8/c31-25(19-37-27(33)21-35-17-23-11-5-3-6-12-23)29-15-9-1-2-10-16-30-26(32)20-38-28(34)22-36-18-24-13-7-4-8-14-24/h3-8,11-14H,1-2,9-10,15-22H2,(H,29,31)(H,30,32). The number of esters is 2. The van der Waals surface area contributed by atoms with Gasteiger partial charge in [-0.05, 0) is 24.0 Å². The van der Waals surface area contributed by atoms with E-state index in [0.29, 0.717) is 26.3 Å². The van der Waals surface area contributed by atoms with Gasteiger partial charge in [-0.15, -0.1) is 0 Å². The first-order valence-electron chi connectivity index (χ1n) is 12.6. The second kappa shape index (κ2) is 19.4. The first-order chi connectivity index (χ1) is 18.5. The maximum Gasteiger partial charge on any atom is 0.332 e. The molecule has 2 N–H and O–H groups in total. The van der Waals surface area contributed by atoms with Gasteiger partial charge in [0.15, 0.2) is 13.2 Å². The number of nitrogens with one attached hydrogen (secondary N) is 2. The molecule has 0 aromatic heterocycles. The highest BCUT2D eigenvalue weighted by atomic mass is 16.6. The average Bonchev–Trinajstić information content (AvgIpc) is 2.93. The molecule has 0 heterocycles. The Labute approximate surface area is 223 Å². The average molecular weight is 529 g/mol. The van der Waals surface area contributed by atoms with Gasteiger partial charge in [0.2, 0.25) is 0 Å². The van der Waals surface area contributed by atoms with Crippen molar-refractivity contribution in [3.05, 3.63) is 71.8 Å². The van der Waals surface area contributed by atoms with E-state index < -0.39 is 11.9 Å². The predicted molar refractivity (Wildman–Crippen MR) is 139 cm³/mol. The molecule has 206 valence electrons. The molecular formula is C28H36N2O8. The number of ether oxygens (including phenoxy) is 4. The van der Waals surface area contributed by atoms with E-state index in [2.05, 4.69) is 10.6 Å². The Morgan fingerprint density at radius 3 is 1.32 bits per heavy atom. The van der Waals surface area contributed by atoms with E-state index in [1.165, 1.54) is 0 Å². The van der Waals surface area contributed by atoms with Gasteiger partial charge in [0.25, 0.3) is 11.8 Å². The van der Waals surface area contributed by atoms with Crippen molar-refractivity contribution < 1.29 is 38.1 Å². The molecule has 0 unspecified atom stereocenters. The van der Waals surface area contributed by atoms with Gasteiger partial charge in [-0.2, -0.15) is 0 Å². The first-order valence-corrected chi connectivity index (χ1v) is 12.6. The molecule has 0 aliphatic heterocycles. The molecule has 0 spiro atoms. The zero-order valence-corrected chi connectivity index (χ0v) is 21.5. The molecule has 10 nitrogen and oxygen atoms in total. The van der Waals surface area contributed by atoms with Gasteiger partial charge in [0.1, 0.15) is 13.2 Å². The van der Waals surface area contributed by atoms with Crippen LogP contribution in [-0.2, 0) is 51.3 Å². The van der Waals surface area contributed by atoms with Crippen LogP contribution < -0.4 is 10.6 Å². The quantitative estimate of drug-likeness (QED) is 0.210. The number of rotatable bonds is 19. The van der Waals surface area contributed by atoms with Crippen molar-refractivity contribution in [2.75, 3.05) is 39.5 Å². The zero-order chi connectivity index (χ0) is 27.3. The van der Waals surface area contributed by atoms with E-state index in [-0.39, 0.29) is 38.2 Å². The summed E-state index contributed by atoms with van der Waals surface area (Å²) in [7, 11) is 0. The summed E-state index contributed by atoms with van der Waals surface area (Å²) in [6, 6.07) is 18.9. The van der Waals surface area contributed by atoms with Crippen LogP contribution in [-0.4, -0.2) is 63.3 Å². The summed E-state index contributed by atoms with van der Waals surface area (Å²) in [4.78, 5) is 46.8. The van der Waals surface area contributed by atoms with Gasteiger partial charge in [0, 0.05) is 13.1 Å². The summed E-state index contributed by atoms with van der Waals surface area (Å²) in [6.45, 7) is 0.404. The van der Waals surface area contributed by atoms with Crippen LogP contribution in [0, 0.1) is 0 Å². The van der Waals surface area contributed by atoms with Crippen LogP contribution in [0.25, 0.3) is 0 Å². The summed E-state index contributed by atoms with van der Waals surface area (Å²) in [5, 5.41) is 5.39. The molecule has 0 bridgehead atoms. The van der Waals surface area contributed by atoms with Gasteiger partial charge in [-0.1, -0.05) is 73.5 Å². The molecule has 2 amide bonds. The highest BCUT2D eigenvalue weighted by molar-refractivity contribution is 5.81. The molecule has 10 heteroatoms. The fourth-order valence-electron chi connectivity index (χ4n) is 3.19. The van der Waals surface area contributed by atoms with Crippen molar-refractivity contribution in [3.8, 4) is 0 Å². The summed E-state index contributed by atoms with van der Waals surface area (Å²) in [6.07, 6.45) is 3.23. The van der Waals surface area contributed by atoms with Crippen molar-refractivity contribution in [3.63, 3.8) is 0 Å². The molecule has 2 aromatic carbocycles. The lowest BCUT2D eigenvalue weighted by molar-refractivity contribution is -0.153. The van der Waals surface area contributed by atoms with Crippen LogP contribution in [0.1, 0.15) is 36.8 Å². The van der Waals surface area contributed by atoms with E-state index in [1.54, 1.807) is 0 Å². The Kier molecular flexibility index (Phi) is 15.5. The minimum absolute atomic E-state index is 0.218. The van der Waals surface area contributed by atoms with Gasteiger partial charge < -0.3 is 29.6 Å². The third-order valence-corrected chi connectivity index (χ3v) is 5.14. The van der Waals surface area contributed by atoms with Crippen LogP contribution in [0.4, 0.5) is 0 Å². The number of carbonyl (C=O) groups excluding carboxylic acids is 4. The van der Waals surface area contributed by atoms with E-state index in [4.69, 9.17) is 18.9 Å². The van der Waals surface area contributed by atoms with Crippen LogP contribution >= 0.6 is 0 Å². The highest BCUT2D eigenvalue weighted by Gasteiger charge is 2.09. The first kappa shape index (κ1) is 30.5. The second-order valence-electron chi connectivity index (χ2n) is 8.39. The SMILES string of the molecule is O=C(COC(=O)COCc1ccccc1)NCCCCCCNC(=O)COC(=O)COCc1ccccc1. The largest absolute Gasteiger partial charge is 0.454 e. The second-order valence-corrected chi connectivity index (χ2v) is 8.39. The van der Waals surface area contributed by atoms with Crippen molar-refractivity contribution in [2.24, 2.45) is 0 Å². The molecule has 0 saturated heterocycles. The van der Waals surface area contributed by atoms with Crippen LogP contribution in [0.5, 0.6) is 0 Å². The fourth-order valence-corrected chi connectivity index (χ4v) is 3.19. The smallest absolute Gasteiger partial charge is 0.332 e. The lowest BCUT2D eigenvalue weighted by Gasteiger charge is -2.08. The van der Waals surface area contributed by atoms with Crippen molar-refractivity contribution in [2.45, 2.75) is 38.9 Å². The molecule has 0 fully saturated rings. The minimum Gasteiger partial charge on any atom is -0.454 e. The number of carbonyl (C=O) groups is 4. The highest BCUT2D eigenvalue weighted by Crippen LogP contribution is 2.02. The number of unbranched alkanes of at least 4 members (excludes halogenated alkanes) is 3. The Bertz CT molecular complexity index is 890. The summed E-state index contributed by atoms with van der Waals surface area (Å²) in [5.74, 6) is -1.92. The van der Waals surface area contributed by atoms with E-state index in [1.807, 2.05) is 60.7 Å². The molecule has 0 aliphatic carbocycles. The maximum atomic E-state index is 11.8. The van der Waals surface area contributed by atoms with E-state index in [0.717, 1.165) is 36.8 Å². The molecule has 2 aromatic rings. The third-order valence-electron chi connectivity index (χ3n) is 5.14. The number of benzene rings is 2. The minimum atomic E-state index is -0.593. The molecule has 2 rings (SSSR count). The maximum absolute atomic E-state index is 11.8. The van der Waals surface area contributed by atoms with Crippen LogP contribution in [0.15, 0.2) is 60.7 Å². The number of amides is 2. The molecule has 0 aliphatic rings. The summed E-state index contributed by atoms with van der Waals surface area (Å²) in [5.41, 5.74) is 1.89. The monoisotopic (exact) mass is 528 g/mol. The zero-order valence-electron chi connectivity index (χ0n) is 21.5. The van der Waals surface area contributed by atoms with Gasteiger partial charge >= 0.3 is 11.9 Å². The van der Waals surface area contributed by atoms with Gasteiger partial charge in [0.05, 0.1) is 13.2 Å². The Balaban J connectivity index is 1.35. The van der Waals surface area contributed by atoms with E-state index >= 15 is 0 Å². The van der Waals surface area contributed by atoms with Gasteiger partial charge in [-0.25, -0.2) is 9.59 Å². The fraction of sp³-hybridized carbons (Fsp3) is 0.429. The molecular weight excluding hydrogens is 492 g/mol. The third kappa shape index (κ3) is 15.4. The molecule has 0 saturated carbocycles. The predicted octanol–water partition coefficient (Wildman–Crippen LogP) is 2.30. The summed E-state index contributed by atoms with van der Waals surface area (Å²) < 4.78 is 20.3. The van der Waals surface area contributed by atoms with Gasteiger partial charge in [-0.3, -0.25) is 9.59 Å². The lowest BCUT2D eigenvalue weighted by atomic mass is 10.2. The van der Waals surface area contributed by atoms with E-state index in [9.17, 15) is 19.2 Å². The number of hydrogen-bond acceptors (Lipinski definition) is 8. The van der Waals surface area contributed by atoms with Crippen LogP contribution in [0.3, 0.4) is 0 Å². The molecule has 0 atom stereocenters. The molecule has 0 radical (unpaired) electrons. The lowest BCUT2D eigenvalue weighted by Crippen LogP contribution is -2.30. The Morgan fingerprint density at radius 2 is 0.921 bits per heavy atom. The normalized spacial score (nSPS) is 10.4.